The number of halogens is 2. The van der Waals surface area contributed by atoms with Gasteiger partial charge < -0.3 is 0 Å². The molecule has 0 saturated heterocycles. The van der Waals surface area contributed by atoms with Crippen LogP contribution in [0.15, 0.2) is 30.3 Å². The lowest BCUT2D eigenvalue weighted by Crippen LogP contribution is -1.75. The molecule has 0 aliphatic heterocycles. The van der Waals surface area contributed by atoms with Crippen LogP contribution >= 0.6 is 34.5 Å². The van der Waals surface area contributed by atoms with Crippen LogP contribution in [-0.2, 0) is 0 Å². The molecule has 1 aromatic heterocycles. The van der Waals surface area contributed by atoms with E-state index in [1.165, 1.54) is 11.3 Å². The molecule has 1 aromatic carbocycles. The summed E-state index contributed by atoms with van der Waals surface area (Å²) in [5.41, 5.74) is 1.47. The topological polar surface area (TPSA) is 12.9 Å². The second-order valence-corrected chi connectivity index (χ2v) is 4.89. The molecule has 1 heterocycles. The number of hydrogen-bond donors (Lipinski definition) is 0. The minimum Gasteiger partial charge on any atom is -0.215 e. The summed E-state index contributed by atoms with van der Waals surface area (Å²) in [6.07, 6.45) is 0. The minimum absolute atomic E-state index is 0.414. The van der Waals surface area contributed by atoms with E-state index in [4.69, 9.17) is 23.2 Å². The summed E-state index contributed by atoms with van der Waals surface area (Å²) in [4.78, 5) is 4.00. The third kappa shape index (κ3) is 2.73. The van der Waals surface area contributed by atoms with E-state index in [1.807, 2.05) is 30.3 Å². The van der Waals surface area contributed by atoms with E-state index in [0.29, 0.717) is 14.5 Å². The van der Waals surface area contributed by atoms with Gasteiger partial charge in [0, 0.05) is 5.56 Å². The molecule has 0 N–H and O–H groups in total. The molecule has 0 bridgehead atoms. The van der Waals surface area contributed by atoms with E-state index in [9.17, 15) is 0 Å². The average Bonchev–Trinajstić information content (AvgIpc) is 2.56. The van der Waals surface area contributed by atoms with Gasteiger partial charge in [0.05, 0.1) is 0 Å². The molecule has 2 aromatic rings. The quantitative estimate of drug-likeness (QED) is 0.651. The van der Waals surface area contributed by atoms with E-state index < -0.39 is 0 Å². The Morgan fingerprint density at radius 2 is 1.80 bits per heavy atom. The molecule has 1 nitrogen and oxygen atoms in total. The van der Waals surface area contributed by atoms with Crippen molar-refractivity contribution >= 4 is 34.5 Å². The first-order valence-electron chi connectivity index (χ1n) is 4.14. The first kappa shape index (κ1) is 10.5. The maximum Gasteiger partial charge on any atom is 0.186 e. The maximum absolute atomic E-state index is 5.88. The largest absolute Gasteiger partial charge is 0.215 e. The van der Waals surface area contributed by atoms with Crippen molar-refractivity contribution < 1.29 is 0 Å². The average molecular weight is 254 g/mol. The van der Waals surface area contributed by atoms with Crippen LogP contribution in [0, 0.1) is 11.8 Å². The first-order chi connectivity index (χ1) is 7.25. The van der Waals surface area contributed by atoms with E-state index in [1.54, 1.807) is 0 Å². The molecule has 74 valence electrons. The minimum atomic E-state index is 0.414. The Bertz CT molecular complexity index is 523. The molecule has 2 rings (SSSR count). The first-order valence-corrected chi connectivity index (χ1v) is 5.72. The fourth-order valence-corrected chi connectivity index (χ4v) is 2.23. The Balaban J connectivity index is 2.30. The van der Waals surface area contributed by atoms with Crippen LogP contribution in [0.3, 0.4) is 0 Å². The highest BCUT2D eigenvalue weighted by atomic mass is 35.5. The van der Waals surface area contributed by atoms with Crippen LogP contribution in [0.5, 0.6) is 0 Å². The number of aromatic nitrogens is 1. The van der Waals surface area contributed by atoms with Gasteiger partial charge in [-0.25, -0.2) is 4.98 Å². The van der Waals surface area contributed by atoms with Crippen molar-refractivity contribution in [2.24, 2.45) is 0 Å². The summed E-state index contributed by atoms with van der Waals surface area (Å²) in [7, 11) is 0. The van der Waals surface area contributed by atoms with Gasteiger partial charge in [-0.05, 0) is 18.1 Å². The number of benzene rings is 1. The normalized spacial score (nSPS) is 9.47. The molecule has 0 fully saturated rings. The smallest absolute Gasteiger partial charge is 0.186 e. The Morgan fingerprint density at radius 3 is 2.40 bits per heavy atom. The molecule has 4 heteroatoms. The Kier molecular flexibility index (Phi) is 3.27. The molecule has 15 heavy (non-hydrogen) atoms. The Morgan fingerprint density at radius 1 is 1.07 bits per heavy atom. The van der Waals surface area contributed by atoms with Crippen LogP contribution in [0.2, 0.25) is 8.80 Å². The fraction of sp³-hybridized carbons (Fsp3) is 0. The lowest BCUT2D eigenvalue weighted by molar-refractivity contribution is 1.37. The fourth-order valence-electron chi connectivity index (χ4n) is 1.01. The van der Waals surface area contributed by atoms with Gasteiger partial charge >= 0.3 is 0 Å². The van der Waals surface area contributed by atoms with Crippen molar-refractivity contribution in [3.05, 3.63) is 50.4 Å². The molecular weight excluding hydrogens is 249 g/mol. The third-order valence-corrected chi connectivity index (χ3v) is 3.02. The van der Waals surface area contributed by atoms with Crippen molar-refractivity contribution in [3.8, 4) is 11.8 Å². The predicted octanol–water partition coefficient (Wildman–Crippen LogP) is 3.85. The summed E-state index contributed by atoms with van der Waals surface area (Å²) in [6.45, 7) is 0. The lowest BCUT2D eigenvalue weighted by Gasteiger charge is -1.85. The van der Waals surface area contributed by atoms with E-state index in [-0.39, 0.29) is 0 Å². The van der Waals surface area contributed by atoms with Gasteiger partial charge in [-0.3, -0.25) is 0 Å². The second-order valence-electron chi connectivity index (χ2n) is 2.71. The zero-order chi connectivity index (χ0) is 10.7. The zero-order valence-corrected chi connectivity index (χ0v) is 9.83. The van der Waals surface area contributed by atoms with Crippen LogP contribution < -0.4 is 0 Å². The molecule has 0 aliphatic carbocycles. The molecule has 0 radical (unpaired) electrons. The standard InChI is InChI=1S/C11H5Cl2NS/c12-10-9(14-11(13)15-10)7-6-8-4-2-1-3-5-8/h1-5H. The van der Waals surface area contributed by atoms with Crippen LogP contribution in [0.25, 0.3) is 0 Å². The van der Waals surface area contributed by atoms with Gasteiger partial charge in [0.1, 0.15) is 10.0 Å². The molecule has 0 saturated carbocycles. The summed E-state index contributed by atoms with van der Waals surface area (Å²) >= 11 is 12.8. The molecule has 0 amide bonds. The molecule has 0 aliphatic rings. The summed E-state index contributed by atoms with van der Waals surface area (Å²) in [5, 5.41) is 0. The molecule has 0 unspecified atom stereocenters. The second kappa shape index (κ2) is 4.67. The molecule has 0 spiro atoms. The number of hydrogen-bond acceptors (Lipinski definition) is 2. The van der Waals surface area contributed by atoms with Crippen LogP contribution in [0.4, 0.5) is 0 Å². The SMILES string of the molecule is Clc1nc(C#Cc2ccccc2)c(Cl)s1. The number of thiazole rings is 1. The van der Waals surface area contributed by atoms with Gasteiger partial charge in [0.25, 0.3) is 0 Å². The maximum atomic E-state index is 5.88. The van der Waals surface area contributed by atoms with Gasteiger partial charge in [0.2, 0.25) is 0 Å². The lowest BCUT2D eigenvalue weighted by atomic mass is 10.2. The highest BCUT2D eigenvalue weighted by molar-refractivity contribution is 7.19. The Hall–Kier alpha value is -1.01. The predicted molar refractivity (Wildman–Crippen MR) is 64.6 cm³/mol. The zero-order valence-electron chi connectivity index (χ0n) is 7.50. The van der Waals surface area contributed by atoms with Gasteiger partial charge in [-0.15, -0.1) is 0 Å². The molecule has 0 atom stereocenters. The van der Waals surface area contributed by atoms with Gasteiger partial charge in [0.15, 0.2) is 4.47 Å². The highest BCUT2D eigenvalue weighted by Crippen LogP contribution is 2.26. The number of nitrogens with zero attached hydrogens (tertiary/aromatic N) is 1. The Labute approximate surface area is 102 Å². The summed E-state index contributed by atoms with van der Waals surface area (Å²) in [5.74, 6) is 5.85. The summed E-state index contributed by atoms with van der Waals surface area (Å²) < 4.78 is 0.945. The third-order valence-electron chi connectivity index (χ3n) is 1.66. The van der Waals surface area contributed by atoms with Crippen LogP contribution in [-0.4, -0.2) is 4.98 Å². The van der Waals surface area contributed by atoms with Crippen LogP contribution in [0.1, 0.15) is 11.3 Å². The van der Waals surface area contributed by atoms with Crippen molar-refractivity contribution in [3.63, 3.8) is 0 Å². The molecular formula is C11H5Cl2NS. The highest BCUT2D eigenvalue weighted by Gasteiger charge is 2.03. The summed E-state index contributed by atoms with van der Waals surface area (Å²) in [6, 6.07) is 9.65. The number of rotatable bonds is 0. The van der Waals surface area contributed by atoms with Crippen molar-refractivity contribution in [2.75, 3.05) is 0 Å². The van der Waals surface area contributed by atoms with Crippen molar-refractivity contribution in [1.29, 1.82) is 0 Å². The van der Waals surface area contributed by atoms with E-state index >= 15 is 0 Å². The van der Waals surface area contributed by atoms with Crippen molar-refractivity contribution in [2.45, 2.75) is 0 Å². The van der Waals surface area contributed by atoms with E-state index in [0.717, 1.165) is 5.56 Å². The van der Waals surface area contributed by atoms with Crippen molar-refractivity contribution in [1.82, 2.24) is 4.98 Å². The van der Waals surface area contributed by atoms with E-state index in [2.05, 4.69) is 16.8 Å². The monoisotopic (exact) mass is 253 g/mol. The van der Waals surface area contributed by atoms with Gasteiger partial charge in [-0.2, -0.15) is 0 Å². The van der Waals surface area contributed by atoms with Gasteiger partial charge in [-0.1, -0.05) is 58.7 Å².